The highest BCUT2D eigenvalue weighted by Crippen LogP contribution is 2.16. The molecule has 1 saturated heterocycles. The van der Waals surface area contributed by atoms with Gasteiger partial charge in [-0.3, -0.25) is 0 Å². The van der Waals surface area contributed by atoms with Gasteiger partial charge in [-0.1, -0.05) is 0 Å². The lowest BCUT2D eigenvalue weighted by Crippen LogP contribution is -2.53. The molecule has 3 heteroatoms. The van der Waals surface area contributed by atoms with Crippen LogP contribution in [0.25, 0.3) is 0 Å². The molecule has 12 heavy (non-hydrogen) atoms. The summed E-state index contributed by atoms with van der Waals surface area (Å²) in [5.74, 6) is 0. The smallest absolute Gasteiger partial charge is 0.112 e. The van der Waals surface area contributed by atoms with Gasteiger partial charge in [-0.25, -0.2) is 0 Å². The van der Waals surface area contributed by atoms with Gasteiger partial charge in [0.15, 0.2) is 0 Å². The van der Waals surface area contributed by atoms with Gasteiger partial charge in [0.25, 0.3) is 0 Å². The molecular weight excluding hydrogens is 154 g/mol. The molecule has 0 aromatic carbocycles. The molecule has 3 nitrogen and oxygen atoms in total. The summed E-state index contributed by atoms with van der Waals surface area (Å²) in [6.45, 7) is 2.86. The number of aliphatic hydroxyl groups excluding tert-OH is 1. The molecule has 1 rings (SSSR count). The maximum Gasteiger partial charge on any atom is 0.112 e. The van der Waals surface area contributed by atoms with E-state index in [-0.39, 0.29) is 6.61 Å². The van der Waals surface area contributed by atoms with E-state index in [0.717, 1.165) is 30.7 Å². The average Bonchev–Trinajstić information content (AvgIpc) is 2.06. The first-order valence-corrected chi connectivity index (χ1v) is 4.68. The van der Waals surface area contributed by atoms with Crippen LogP contribution >= 0.6 is 0 Å². The molecule has 1 unspecified atom stereocenters. The Balaban J connectivity index is 2.41. The summed E-state index contributed by atoms with van der Waals surface area (Å²) in [5, 5.41) is 8.88. The van der Waals surface area contributed by atoms with E-state index in [1.165, 1.54) is 6.42 Å². The number of likely N-dealkylation sites (N-methyl/N-ethyl adjacent to an activating group) is 1. The van der Waals surface area contributed by atoms with Gasteiger partial charge in [0, 0.05) is 13.0 Å². The van der Waals surface area contributed by atoms with Crippen molar-refractivity contribution in [1.29, 1.82) is 0 Å². The first-order chi connectivity index (χ1) is 5.67. The summed E-state index contributed by atoms with van der Waals surface area (Å²) in [6, 6.07) is 0.575. The van der Waals surface area contributed by atoms with Crippen molar-refractivity contribution in [2.75, 3.05) is 40.5 Å². The third-order valence-corrected chi connectivity index (χ3v) is 2.80. The van der Waals surface area contributed by atoms with E-state index in [9.17, 15) is 0 Å². The molecule has 0 aliphatic carbocycles. The van der Waals surface area contributed by atoms with Crippen LogP contribution in [0.5, 0.6) is 0 Å². The van der Waals surface area contributed by atoms with Crippen LogP contribution in [-0.4, -0.2) is 56.1 Å². The number of rotatable bonds is 3. The van der Waals surface area contributed by atoms with Crippen LogP contribution in [-0.2, 0) is 4.74 Å². The van der Waals surface area contributed by atoms with Crippen LogP contribution in [0.1, 0.15) is 12.8 Å². The monoisotopic (exact) mass is 174 g/mol. The molecule has 1 aliphatic rings. The Bertz CT molecular complexity index is 130. The maximum absolute atomic E-state index is 8.88. The Morgan fingerprint density at radius 1 is 1.50 bits per heavy atom. The summed E-state index contributed by atoms with van der Waals surface area (Å²) < 4.78 is 6.30. The van der Waals surface area contributed by atoms with Crippen LogP contribution in [0.3, 0.4) is 0 Å². The van der Waals surface area contributed by atoms with Gasteiger partial charge in [-0.2, -0.15) is 0 Å². The van der Waals surface area contributed by atoms with Crippen molar-refractivity contribution in [3.05, 3.63) is 0 Å². The number of hydrogen-bond donors (Lipinski definition) is 1. The summed E-state index contributed by atoms with van der Waals surface area (Å²) in [7, 11) is 4.32. The largest absolute Gasteiger partial charge is 0.391 e. The molecule has 1 aliphatic heterocycles. The Kier molecular flexibility index (Phi) is 3.50. The zero-order valence-electron chi connectivity index (χ0n) is 8.12. The fourth-order valence-corrected chi connectivity index (χ4v) is 1.72. The van der Waals surface area contributed by atoms with Crippen molar-refractivity contribution in [2.24, 2.45) is 0 Å². The lowest BCUT2D eigenvalue weighted by molar-refractivity contribution is -0.917. The number of aliphatic hydroxyl groups is 1. The average molecular weight is 174 g/mol. The third kappa shape index (κ3) is 2.44. The van der Waals surface area contributed by atoms with Crippen LogP contribution in [0.2, 0.25) is 0 Å². The Hall–Kier alpha value is -0.120. The molecule has 0 aromatic heterocycles. The fourth-order valence-electron chi connectivity index (χ4n) is 1.72. The van der Waals surface area contributed by atoms with Crippen LogP contribution < -0.4 is 0 Å². The molecular formula is C9H20NO2+. The summed E-state index contributed by atoms with van der Waals surface area (Å²) in [5.41, 5.74) is 0. The minimum Gasteiger partial charge on any atom is -0.391 e. The number of quaternary nitrogens is 1. The van der Waals surface area contributed by atoms with Gasteiger partial charge in [-0.15, -0.1) is 0 Å². The lowest BCUT2D eigenvalue weighted by atomic mass is 10.1. The molecule has 0 aromatic rings. The highest BCUT2D eigenvalue weighted by molar-refractivity contribution is 4.62. The predicted molar refractivity (Wildman–Crippen MR) is 47.9 cm³/mol. The minimum atomic E-state index is 0.267. The molecule has 0 radical (unpaired) electrons. The highest BCUT2D eigenvalue weighted by atomic mass is 16.5. The molecule has 0 spiro atoms. The van der Waals surface area contributed by atoms with Crippen molar-refractivity contribution in [3.8, 4) is 0 Å². The zero-order valence-corrected chi connectivity index (χ0v) is 8.12. The van der Waals surface area contributed by atoms with Crippen molar-refractivity contribution in [3.63, 3.8) is 0 Å². The van der Waals surface area contributed by atoms with E-state index in [1.54, 1.807) is 0 Å². The normalized spacial score (nSPS) is 25.8. The van der Waals surface area contributed by atoms with E-state index >= 15 is 0 Å². The molecule has 1 atom stereocenters. The van der Waals surface area contributed by atoms with E-state index in [0.29, 0.717) is 6.04 Å². The summed E-state index contributed by atoms with van der Waals surface area (Å²) in [4.78, 5) is 0. The van der Waals surface area contributed by atoms with Gasteiger partial charge in [0.05, 0.1) is 27.3 Å². The quantitative estimate of drug-likeness (QED) is 0.621. The summed E-state index contributed by atoms with van der Waals surface area (Å²) in [6.07, 6.45) is 2.39. The van der Waals surface area contributed by atoms with Crippen LogP contribution in [0.15, 0.2) is 0 Å². The van der Waals surface area contributed by atoms with E-state index in [1.807, 2.05) is 0 Å². The van der Waals surface area contributed by atoms with Gasteiger partial charge < -0.3 is 14.3 Å². The topological polar surface area (TPSA) is 29.5 Å². The predicted octanol–water partition coefficient (Wildman–Crippen LogP) is 0.234. The zero-order chi connectivity index (χ0) is 9.03. The Labute approximate surface area is 74.5 Å². The van der Waals surface area contributed by atoms with Gasteiger partial charge in [0.2, 0.25) is 0 Å². The van der Waals surface area contributed by atoms with Crippen molar-refractivity contribution in [2.45, 2.75) is 18.9 Å². The van der Waals surface area contributed by atoms with Gasteiger partial charge in [-0.05, 0) is 6.42 Å². The SMILES string of the molecule is C[N+](C)(CCO)C1CCCOC1. The van der Waals surface area contributed by atoms with E-state index < -0.39 is 0 Å². The first-order valence-electron chi connectivity index (χ1n) is 4.68. The molecule has 0 amide bonds. The van der Waals surface area contributed by atoms with E-state index in [4.69, 9.17) is 9.84 Å². The third-order valence-electron chi connectivity index (χ3n) is 2.80. The van der Waals surface area contributed by atoms with Gasteiger partial charge in [0.1, 0.15) is 12.6 Å². The highest BCUT2D eigenvalue weighted by Gasteiger charge is 2.29. The molecule has 1 N–H and O–H groups in total. The number of ether oxygens (including phenoxy) is 1. The van der Waals surface area contributed by atoms with Crippen LogP contribution in [0.4, 0.5) is 0 Å². The van der Waals surface area contributed by atoms with Crippen LogP contribution in [0, 0.1) is 0 Å². The second kappa shape index (κ2) is 4.21. The lowest BCUT2D eigenvalue weighted by Gasteiger charge is -2.39. The van der Waals surface area contributed by atoms with E-state index in [2.05, 4.69) is 14.1 Å². The molecule has 1 heterocycles. The molecule has 1 fully saturated rings. The minimum absolute atomic E-state index is 0.267. The molecule has 72 valence electrons. The Morgan fingerprint density at radius 2 is 2.25 bits per heavy atom. The summed E-state index contributed by atoms with van der Waals surface area (Å²) >= 11 is 0. The standard InChI is InChI=1S/C9H20NO2/c1-10(2,5-6-11)9-4-3-7-12-8-9/h9,11H,3-8H2,1-2H3/q+1. The van der Waals surface area contributed by atoms with Gasteiger partial charge >= 0.3 is 0 Å². The molecule has 0 saturated carbocycles. The number of nitrogens with zero attached hydrogens (tertiary/aromatic N) is 1. The second-order valence-corrected chi connectivity index (χ2v) is 4.10. The maximum atomic E-state index is 8.88. The first kappa shape index (κ1) is 9.96. The number of hydrogen-bond acceptors (Lipinski definition) is 2. The van der Waals surface area contributed by atoms with Crippen molar-refractivity contribution < 1.29 is 14.3 Å². The van der Waals surface area contributed by atoms with Crippen molar-refractivity contribution in [1.82, 2.24) is 0 Å². The van der Waals surface area contributed by atoms with Crippen molar-refractivity contribution >= 4 is 0 Å². The fraction of sp³-hybridized carbons (Fsp3) is 1.00. The second-order valence-electron chi connectivity index (χ2n) is 4.10. The molecule has 0 bridgehead atoms. The Morgan fingerprint density at radius 3 is 2.75 bits per heavy atom.